The van der Waals surface area contributed by atoms with Gasteiger partial charge in [0, 0.05) is 55.3 Å². The molecule has 4 rings (SSSR count). The molecule has 236 valence electrons. The summed E-state index contributed by atoms with van der Waals surface area (Å²) in [7, 11) is 0. The molecule has 0 radical (unpaired) electrons. The Hall–Kier alpha value is -2.83. The molecule has 2 heterocycles. The van der Waals surface area contributed by atoms with Crippen molar-refractivity contribution in [3.63, 3.8) is 0 Å². The zero-order chi connectivity index (χ0) is 31.7. The molecule has 0 unspecified atom stereocenters. The van der Waals surface area contributed by atoms with E-state index in [0.29, 0.717) is 21.5 Å². The number of nitrogens with one attached hydrogen (secondary N) is 3. The number of amides is 3. The number of thiazole rings is 1. The molecule has 3 amide bonds. The predicted octanol–water partition coefficient (Wildman–Crippen LogP) is 6.84. The van der Waals surface area contributed by atoms with Crippen LogP contribution in [0, 0.1) is 0 Å². The fourth-order valence-electron chi connectivity index (χ4n) is 4.56. The van der Waals surface area contributed by atoms with E-state index < -0.39 is 11.7 Å². The Morgan fingerprint density at radius 1 is 1.07 bits per heavy atom. The molecule has 1 saturated heterocycles. The Bertz CT molecular complexity index is 1450. The molecule has 1 aromatic heterocycles. The minimum atomic E-state index is -0.596. The molecule has 0 aliphatic carbocycles. The smallest absolute Gasteiger partial charge is 0.407 e. The summed E-state index contributed by atoms with van der Waals surface area (Å²) in [4.78, 5) is 43.8. The van der Waals surface area contributed by atoms with E-state index in [0.717, 1.165) is 53.6 Å². The Morgan fingerprint density at radius 2 is 1.84 bits per heavy atom. The average molecular weight is 679 g/mol. The summed E-state index contributed by atoms with van der Waals surface area (Å²) in [5.74, 6) is 0.0700. The number of ether oxygens (including phenoxy) is 1. The third-order valence-electron chi connectivity index (χ3n) is 6.62. The number of thioether (sulfide) groups is 1. The average Bonchev–Trinajstić information content (AvgIpc) is 3.43. The van der Waals surface area contributed by atoms with Crippen LogP contribution in [0.15, 0.2) is 52.2 Å². The number of carbonyl (C=O) groups is 3. The summed E-state index contributed by atoms with van der Waals surface area (Å²) in [6.07, 6.45) is 1.35. The maximum absolute atomic E-state index is 12.7. The van der Waals surface area contributed by atoms with Crippen molar-refractivity contribution in [2.75, 3.05) is 30.7 Å². The molecule has 2 aromatic carbocycles. The summed E-state index contributed by atoms with van der Waals surface area (Å²) in [5, 5.41) is 11.7. The first-order valence-corrected chi connectivity index (χ1v) is 17.0. The van der Waals surface area contributed by atoms with Crippen LogP contribution >= 0.6 is 46.3 Å². The predicted molar refractivity (Wildman–Crippen MR) is 179 cm³/mol. The van der Waals surface area contributed by atoms with Crippen LogP contribution in [0.5, 0.6) is 0 Å². The quantitative estimate of drug-likeness (QED) is 0.190. The second kappa shape index (κ2) is 15.9. The number of likely N-dealkylation sites (tertiary alicyclic amines) is 1. The second-order valence-electron chi connectivity index (χ2n) is 11.5. The van der Waals surface area contributed by atoms with Gasteiger partial charge in [0.2, 0.25) is 11.8 Å². The molecule has 3 N–H and O–H groups in total. The molecule has 3 aromatic rings. The van der Waals surface area contributed by atoms with E-state index in [4.69, 9.17) is 27.9 Å². The van der Waals surface area contributed by atoms with Crippen LogP contribution < -0.4 is 16.0 Å². The number of hydrogen-bond donors (Lipinski definition) is 3. The maximum Gasteiger partial charge on any atom is 0.407 e. The first-order chi connectivity index (χ1) is 20.9. The molecular formula is C31H37Cl2N5O4S2. The molecule has 9 nitrogen and oxygen atoms in total. The molecule has 13 heteroatoms. The number of alkyl carbamates (subject to hydrolysis) is 1. The monoisotopic (exact) mass is 677 g/mol. The molecule has 0 atom stereocenters. The second-order valence-corrected chi connectivity index (χ2v) is 14.4. The van der Waals surface area contributed by atoms with Crippen LogP contribution in [0.1, 0.15) is 45.6 Å². The van der Waals surface area contributed by atoms with Crippen LogP contribution in [0.4, 0.5) is 10.5 Å². The summed E-state index contributed by atoms with van der Waals surface area (Å²) in [6.45, 7) is 8.11. The van der Waals surface area contributed by atoms with Crippen LogP contribution in [-0.2, 0) is 20.9 Å². The van der Waals surface area contributed by atoms with Crippen molar-refractivity contribution >= 4 is 69.9 Å². The van der Waals surface area contributed by atoms with Crippen LogP contribution in [0.25, 0.3) is 11.3 Å². The van der Waals surface area contributed by atoms with Gasteiger partial charge in [0.25, 0.3) is 0 Å². The molecule has 1 aliphatic rings. The van der Waals surface area contributed by atoms with Crippen LogP contribution in [0.2, 0.25) is 10.0 Å². The lowest BCUT2D eigenvalue weighted by atomic mass is 10.0. The highest BCUT2D eigenvalue weighted by Crippen LogP contribution is 2.30. The zero-order valence-corrected chi connectivity index (χ0v) is 28.1. The molecule has 44 heavy (non-hydrogen) atoms. The lowest BCUT2D eigenvalue weighted by Gasteiger charge is -2.32. The largest absolute Gasteiger partial charge is 0.444 e. The molecule has 1 fully saturated rings. The number of anilines is 1. The van der Waals surface area contributed by atoms with E-state index in [1.165, 1.54) is 23.1 Å². The zero-order valence-electron chi connectivity index (χ0n) is 25.0. The van der Waals surface area contributed by atoms with Gasteiger partial charge in [-0.05, 0) is 63.4 Å². The van der Waals surface area contributed by atoms with Crippen molar-refractivity contribution < 1.29 is 19.1 Å². The Balaban J connectivity index is 1.17. The number of benzene rings is 2. The van der Waals surface area contributed by atoms with Crippen molar-refractivity contribution in [2.45, 2.75) is 62.6 Å². The molecular weight excluding hydrogens is 641 g/mol. The minimum absolute atomic E-state index is 0.000510. The van der Waals surface area contributed by atoms with Crippen molar-refractivity contribution in [2.24, 2.45) is 0 Å². The highest BCUT2D eigenvalue weighted by Gasteiger charge is 2.21. The van der Waals surface area contributed by atoms with Crippen LogP contribution in [0.3, 0.4) is 0 Å². The topological polar surface area (TPSA) is 113 Å². The van der Waals surface area contributed by atoms with Crippen molar-refractivity contribution in [1.82, 2.24) is 20.5 Å². The first-order valence-electron chi connectivity index (χ1n) is 14.3. The Labute approximate surface area is 276 Å². The third-order valence-corrected chi connectivity index (χ3v) is 9.38. The van der Waals surface area contributed by atoms with Gasteiger partial charge in [0.1, 0.15) is 5.60 Å². The van der Waals surface area contributed by atoms with E-state index >= 15 is 0 Å². The van der Waals surface area contributed by atoms with Gasteiger partial charge >= 0.3 is 6.09 Å². The third kappa shape index (κ3) is 11.3. The lowest BCUT2D eigenvalue weighted by molar-refractivity contribution is -0.119. The van der Waals surface area contributed by atoms with Gasteiger partial charge in [0.15, 0.2) is 4.34 Å². The van der Waals surface area contributed by atoms with Gasteiger partial charge in [-0.15, -0.1) is 11.3 Å². The van der Waals surface area contributed by atoms with Gasteiger partial charge in [0.05, 0.1) is 21.5 Å². The summed E-state index contributed by atoms with van der Waals surface area (Å²) >= 11 is 15.1. The number of aromatic nitrogens is 1. The van der Waals surface area contributed by atoms with E-state index in [-0.39, 0.29) is 30.8 Å². The van der Waals surface area contributed by atoms with Crippen molar-refractivity contribution in [3.05, 3.63) is 63.5 Å². The number of halogens is 2. The van der Waals surface area contributed by atoms with Crippen molar-refractivity contribution in [3.8, 4) is 11.3 Å². The SMILES string of the molecule is CC(C)(C)OC(=O)NCCC(=O)Nc1cccc(-c2csc(SCC(=O)NC3CCN(Cc4ccc(Cl)c(Cl)c4)CC3)n2)c1. The highest BCUT2D eigenvalue weighted by molar-refractivity contribution is 8.01. The lowest BCUT2D eigenvalue weighted by Crippen LogP contribution is -2.44. The minimum Gasteiger partial charge on any atom is -0.444 e. The Kier molecular flexibility index (Phi) is 12.3. The summed E-state index contributed by atoms with van der Waals surface area (Å²) < 4.78 is 5.98. The number of hydrogen-bond acceptors (Lipinski definition) is 8. The number of carbonyl (C=O) groups excluding carboxylic acids is 3. The normalized spacial score (nSPS) is 14.2. The first kappa shape index (κ1) is 34.1. The fraction of sp³-hybridized carbons (Fsp3) is 0.419. The molecule has 1 aliphatic heterocycles. The van der Waals surface area contributed by atoms with Crippen LogP contribution in [-0.4, -0.2) is 64.8 Å². The van der Waals surface area contributed by atoms with Gasteiger partial charge in [-0.1, -0.05) is 53.2 Å². The van der Waals surface area contributed by atoms with E-state index in [9.17, 15) is 14.4 Å². The van der Waals surface area contributed by atoms with Gasteiger partial charge in [-0.3, -0.25) is 14.5 Å². The van der Waals surface area contributed by atoms with Gasteiger partial charge < -0.3 is 20.7 Å². The standard InChI is InChI=1S/C31H37Cl2N5O4S2/c1-31(2,3)42-29(41)34-12-9-27(39)36-23-6-4-5-21(16-23)26-18-43-30(37-26)44-19-28(40)35-22-10-13-38(14-11-22)17-20-7-8-24(32)25(33)15-20/h4-8,15-16,18,22H,9-14,17,19H2,1-3H3,(H,34,41)(H,35,40)(H,36,39). The van der Waals surface area contributed by atoms with E-state index in [1.807, 2.05) is 41.8 Å². The summed E-state index contributed by atoms with van der Waals surface area (Å²) in [6, 6.07) is 13.3. The number of piperidine rings is 1. The Morgan fingerprint density at radius 3 is 2.57 bits per heavy atom. The number of rotatable bonds is 11. The van der Waals surface area contributed by atoms with Gasteiger partial charge in [-0.25, -0.2) is 9.78 Å². The maximum atomic E-state index is 12.7. The fourth-order valence-corrected chi connectivity index (χ4v) is 6.52. The summed E-state index contributed by atoms with van der Waals surface area (Å²) in [5.41, 5.74) is 2.79. The number of nitrogens with zero attached hydrogens (tertiary/aromatic N) is 2. The van der Waals surface area contributed by atoms with E-state index in [1.54, 1.807) is 26.8 Å². The van der Waals surface area contributed by atoms with Crippen molar-refractivity contribution in [1.29, 1.82) is 0 Å². The molecule has 0 spiro atoms. The van der Waals surface area contributed by atoms with Gasteiger partial charge in [-0.2, -0.15) is 0 Å². The molecule has 0 saturated carbocycles. The highest BCUT2D eigenvalue weighted by atomic mass is 35.5. The van der Waals surface area contributed by atoms with E-state index in [2.05, 4.69) is 25.8 Å². The molecule has 0 bridgehead atoms.